The second-order valence-corrected chi connectivity index (χ2v) is 2.52. The van der Waals surface area contributed by atoms with Crippen LogP contribution in [0.3, 0.4) is 0 Å². The molecule has 4 heteroatoms. The van der Waals surface area contributed by atoms with E-state index in [1.807, 2.05) is 0 Å². The quantitative estimate of drug-likeness (QED) is 0.671. The molecule has 0 saturated heterocycles. The molecule has 14 heavy (non-hydrogen) atoms. The van der Waals surface area contributed by atoms with Gasteiger partial charge in [0.05, 0.1) is 12.7 Å². The molecule has 1 aromatic rings. The first-order chi connectivity index (χ1) is 6.79. The van der Waals surface area contributed by atoms with E-state index in [-0.39, 0.29) is 6.61 Å². The van der Waals surface area contributed by atoms with Crippen LogP contribution in [0.2, 0.25) is 0 Å². The Balaban J connectivity index is 2.90. The number of rotatable bonds is 4. The fourth-order valence-electron chi connectivity index (χ4n) is 1.06. The van der Waals surface area contributed by atoms with Gasteiger partial charge in [0.2, 0.25) is 0 Å². The number of carbonyl (C=O) groups is 1. The van der Waals surface area contributed by atoms with Crippen LogP contribution in [0.15, 0.2) is 24.3 Å². The Hall–Kier alpha value is -1.84. The van der Waals surface area contributed by atoms with Crippen molar-refractivity contribution in [1.82, 2.24) is 0 Å². The van der Waals surface area contributed by atoms with Crippen molar-refractivity contribution in [2.24, 2.45) is 0 Å². The summed E-state index contributed by atoms with van der Waals surface area (Å²) in [5.41, 5.74) is 0.993. The van der Waals surface area contributed by atoms with Gasteiger partial charge in [0, 0.05) is 5.56 Å². The molecule has 0 fully saturated rings. The minimum atomic E-state index is -0.449. The average Bonchev–Trinajstić information content (AvgIpc) is 2.25. The first-order valence-corrected chi connectivity index (χ1v) is 3.94. The average molecular weight is 193 g/mol. The zero-order valence-corrected chi connectivity index (χ0v) is 7.65. The van der Waals surface area contributed by atoms with Crippen molar-refractivity contribution in [3.63, 3.8) is 0 Å². The second kappa shape index (κ2) is 5.01. The molecule has 0 aromatic heterocycles. The number of carbonyl (C=O) groups excluding carboxylic acids is 2. The standard InChI is InChI=1S/C10H9O4/c1-13-10(12)9-5-3-2-4-8(9)6-14-7-11/h2-5H,6H2,1H3. The minimum absolute atomic E-state index is 0.0226. The van der Waals surface area contributed by atoms with E-state index in [2.05, 4.69) is 9.47 Å². The Bertz CT molecular complexity index is 333. The summed E-state index contributed by atoms with van der Waals surface area (Å²) < 4.78 is 9.01. The molecule has 0 atom stereocenters. The third-order valence-electron chi connectivity index (χ3n) is 1.71. The molecule has 0 unspecified atom stereocenters. The zero-order valence-electron chi connectivity index (χ0n) is 7.65. The number of esters is 1. The first kappa shape index (κ1) is 10.2. The lowest BCUT2D eigenvalue weighted by molar-refractivity contribution is 0.0597. The zero-order chi connectivity index (χ0) is 10.4. The third-order valence-corrected chi connectivity index (χ3v) is 1.71. The molecule has 1 aromatic carbocycles. The van der Waals surface area contributed by atoms with Gasteiger partial charge in [-0.3, -0.25) is 0 Å². The molecule has 1 rings (SSSR count). The van der Waals surface area contributed by atoms with Gasteiger partial charge in [0.25, 0.3) is 0 Å². The van der Waals surface area contributed by atoms with Crippen LogP contribution < -0.4 is 0 Å². The highest BCUT2D eigenvalue weighted by molar-refractivity contribution is 5.90. The van der Waals surface area contributed by atoms with Crippen LogP contribution in [0.5, 0.6) is 0 Å². The Labute approximate surface area is 81.4 Å². The van der Waals surface area contributed by atoms with Gasteiger partial charge in [-0.15, -0.1) is 0 Å². The summed E-state index contributed by atoms with van der Waals surface area (Å²) in [5, 5.41) is 0. The molecule has 0 N–H and O–H groups in total. The van der Waals surface area contributed by atoms with Gasteiger partial charge >= 0.3 is 12.4 Å². The third kappa shape index (κ3) is 2.32. The molecular formula is C10H9O4. The maximum atomic E-state index is 11.2. The van der Waals surface area contributed by atoms with Crippen LogP contribution in [-0.4, -0.2) is 19.6 Å². The molecule has 0 amide bonds. The lowest BCUT2D eigenvalue weighted by Crippen LogP contribution is -2.06. The van der Waals surface area contributed by atoms with Crippen molar-refractivity contribution in [3.8, 4) is 0 Å². The van der Waals surface area contributed by atoms with Crippen molar-refractivity contribution < 1.29 is 19.1 Å². The molecule has 0 aliphatic heterocycles. The predicted molar refractivity (Wildman–Crippen MR) is 48.3 cm³/mol. The summed E-state index contributed by atoms with van der Waals surface area (Å²) in [4.78, 5) is 21.1. The van der Waals surface area contributed by atoms with Crippen molar-refractivity contribution in [1.29, 1.82) is 0 Å². The number of hydrogen-bond acceptors (Lipinski definition) is 4. The summed E-state index contributed by atoms with van der Waals surface area (Å²) in [6.45, 7) is 1.32. The van der Waals surface area contributed by atoms with Crippen molar-refractivity contribution >= 4 is 12.4 Å². The van der Waals surface area contributed by atoms with Crippen LogP contribution >= 0.6 is 0 Å². The van der Waals surface area contributed by atoms with Crippen LogP contribution in [0.1, 0.15) is 15.9 Å². The molecule has 4 nitrogen and oxygen atoms in total. The van der Waals surface area contributed by atoms with Gasteiger partial charge in [0.15, 0.2) is 0 Å². The molecule has 0 bridgehead atoms. The van der Waals surface area contributed by atoms with Crippen molar-refractivity contribution in [2.75, 3.05) is 7.11 Å². The fraction of sp³-hybridized carbons (Fsp3) is 0.200. The predicted octanol–water partition coefficient (Wildman–Crippen LogP) is 1.06. The molecule has 1 radical (unpaired) electrons. The van der Waals surface area contributed by atoms with E-state index in [9.17, 15) is 9.59 Å². The van der Waals surface area contributed by atoms with E-state index in [1.165, 1.54) is 13.6 Å². The summed E-state index contributed by atoms with van der Waals surface area (Å²) in [6.07, 6.45) is 0. The number of hydrogen-bond donors (Lipinski definition) is 0. The Morgan fingerprint density at radius 1 is 1.43 bits per heavy atom. The molecule has 0 spiro atoms. The van der Waals surface area contributed by atoms with E-state index < -0.39 is 5.97 Å². The summed E-state index contributed by atoms with van der Waals surface area (Å²) >= 11 is 0. The van der Waals surface area contributed by atoms with E-state index in [1.54, 1.807) is 24.3 Å². The van der Waals surface area contributed by atoms with Crippen LogP contribution in [0, 0.1) is 0 Å². The van der Waals surface area contributed by atoms with Crippen LogP contribution in [-0.2, 0) is 20.9 Å². The van der Waals surface area contributed by atoms with Gasteiger partial charge in [-0.1, -0.05) is 18.2 Å². The van der Waals surface area contributed by atoms with Gasteiger partial charge in [-0.25, -0.2) is 9.59 Å². The monoisotopic (exact) mass is 193 g/mol. The Kier molecular flexibility index (Phi) is 3.67. The highest BCUT2D eigenvalue weighted by Gasteiger charge is 2.10. The van der Waals surface area contributed by atoms with Gasteiger partial charge in [-0.2, -0.15) is 0 Å². The maximum absolute atomic E-state index is 11.2. The van der Waals surface area contributed by atoms with Gasteiger partial charge in [-0.05, 0) is 6.07 Å². The van der Waals surface area contributed by atoms with Crippen LogP contribution in [0.4, 0.5) is 0 Å². The number of ether oxygens (including phenoxy) is 2. The normalized spacial score (nSPS) is 9.21. The fourth-order valence-corrected chi connectivity index (χ4v) is 1.06. The topological polar surface area (TPSA) is 52.6 Å². The lowest BCUT2D eigenvalue weighted by atomic mass is 10.1. The molecular weight excluding hydrogens is 184 g/mol. The Morgan fingerprint density at radius 2 is 2.14 bits per heavy atom. The summed E-state index contributed by atoms with van der Waals surface area (Å²) in [6, 6.07) is 6.75. The summed E-state index contributed by atoms with van der Waals surface area (Å²) in [5.74, 6) is -0.449. The van der Waals surface area contributed by atoms with Crippen LogP contribution in [0.25, 0.3) is 0 Å². The van der Waals surface area contributed by atoms with Crippen molar-refractivity contribution in [2.45, 2.75) is 6.61 Å². The Morgan fingerprint density at radius 3 is 2.79 bits per heavy atom. The summed E-state index contributed by atoms with van der Waals surface area (Å²) in [7, 11) is 1.30. The van der Waals surface area contributed by atoms with Gasteiger partial charge in [0.1, 0.15) is 6.61 Å². The van der Waals surface area contributed by atoms with E-state index >= 15 is 0 Å². The highest BCUT2D eigenvalue weighted by atomic mass is 16.5. The molecule has 0 saturated carbocycles. The number of benzene rings is 1. The smallest absolute Gasteiger partial charge is 0.417 e. The van der Waals surface area contributed by atoms with Gasteiger partial charge < -0.3 is 9.47 Å². The molecule has 0 heterocycles. The highest BCUT2D eigenvalue weighted by Crippen LogP contribution is 2.10. The van der Waals surface area contributed by atoms with E-state index in [0.29, 0.717) is 11.1 Å². The van der Waals surface area contributed by atoms with Crippen molar-refractivity contribution in [3.05, 3.63) is 35.4 Å². The number of methoxy groups -OCH3 is 1. The lowest BCUT2D eigenvalue weighted by Gasteiger charge is -2.05. The SMILES string of the molecule is COC(=O)c1ccccc1CO[C]=O. The second-order valence-electron chi connectivity index (χ2n) is 2.52. The first-order valence-electron chi connectivity index (χ1n) is 3.94. The minimum Gasteiger partial charge on any atom is -0.465 e. The maximum Gasteiger partial charge on any atom is 0.417 e. The molecule has 0 aliphatic carbocycles. The molecule has 0 aliphatic rings. The van der Waals surface area contributed by atoms with E-state index in [0.717, 1.165) is 0 Å². The van der Waals surface area contributed by atoms with E-state index in [4.69, 9.17) is 0 Å². The molecule has 73 valence electrons. The largest absolute Gasteiger partial charge is 0.465 e.